The largest absolute Gasteiger partial charge is 0.475 e. The Bertz CT molecular complexity index is 243. The highest BCUT2D eigenvalue weighted by molar-refractivity contribution is 7.48. The van der Waals surface area contributed by atoms with E-state index in [9.17, 15) is 4.57 Å². The Kier molecular flexibility index (Phi) is 9.75. The molecule has 0 spiro atoms. The minimum absolute atomic E-state index is 0.205. The minimum atomic E-state index is -3.40. The quantitative estimate of drug-likeness (QED) is 0.435. The van der Waals surface area contributed by atoms with E-state index in [2.05, 4.69) is 6.92 Å². The summed E-state index contributed by atoms with van der Waals surface area (Å²) in [5, 5.41) is 0. The second kappa shape index (κ2) is 9.84. The second-order valence-corrected chi connectivity index (χ2v) is 5.22. The van der Waals surface area contributed by atoms with Gasteiger partial charge in [-0.1, -0.05) is 31.9 Å². The Labute approximate surface area is 105 Å². The zero-order valence-corrected chi connectivity index (χ0v) is 12.2. The van der Waals surface area contributed by atoms with Crippen molar-refractivity contribution >= 4 is 7.82 Å². The summed E-state index contributed by atoms with van der Waals surface area (Å²) in [6.07, 6.45) is 6.50. The fraction of sp³-hybridized carbons (Fsp3) is 0.833. The Balaban J connectivity index is 4.49. The maximum atomic E-state index is 12.2. The normalized spacial score (nSPS) is 14.4. The van der Waals surface area contributed by atoms with Crippen molar-refractivity contribution in [2.75, 3.05) is 13.2 Å². The molecule has 0 N–H and O–H groups in total. The number of hydrogen-bond donors (Lipinski definition) is 0. The predicted octanol–water partition coefficient (Wildman–Crippen LogP) is 4.32. The van der Waals surface area contributed by atoms with Crippen LogP contribution in [0.3, 0.4) is 0 Å². The van der Waals surface area contributed by atoms with E-state index in [1.54, 1.807) is 13.8 Å². The molecule has 102 valence electrons. The second-order valence-electron chi connectivity index (χ2n) is 3.59. The lowest BCUT2D eigenvalue weighted by Crippen LogP contribution is -2.11. The van der Waals surface area contributed by atoms with E-state index in [1.165, 1.54) is 0 Å². The molecule has 0 rings (SSSR count). The number of hydrogen-bond acceptors (Lipinski definition) is 4. The average molecular weight is 264 g/mol. The maximum absolute atomic E-state index is 12.2. The monoisotopic (exact) mass is 264 g/mol. The topological polar surface area (TPSA) is 44.8 Å². The van der Waals surface area contributed by atoms with Crippen molar-refractivity contribution in [2.24, 2.45) is 0 Å². The first-order valence-electron chi connectivity index (χ1n) is 6.32. The summed E-state index contributed by atoms with van der Waals surface area (Å²) in [6, 6.07) is 0. The summed E-state index contributed by atoms with van der Waals surface area (Å²) >= 11 is 0. The molecule has 0 aromatic heterocycles. The van der Waals surface area contributed by atoms with Gasteiger partial charge in [0.2, 0.25) is 0 Å². The third-order valence-corrected chi connectivity index (χ3v) is 3.77. The maximum Gasteiger partial charge on any atom is 0.475 e. The van der Waals surface area contributed by atoms with Crippen molar-refractivity contribution < 1.29 is 18.1 Å². The molecule has 0 amide bonds. The van der Waals surface area contributed by atoms with Crippen LogP contribution in [0.15, 0.2) is 12.2 Å². The molecule has 4 nitrogen and oxygen atoms in total. The van der Waals surface area contributed by atoms with E-state index < -0.39 is 7.82 Å². The lowest BCUT2D eigenvalue weighted by atomic mass is 10.1. The van der Waals surface area contributed by atoms with Crippen LogP contribution in [0.1, 0.15) is 47.0 Å². The van der Waals surface area contributed by atoms with Crippen molar-refractivity contribution in [1.29, 1.82) is 0 Å². The lowest BCUT2D eigenvalue weighted by molar-refractivity contribution is 0.0968. The van der Waals surface area contributed by atoms with Gasteiger partial charge < -0.3 is 0 Å². The van der Waals surface area contributed by atoms with Gasteiger partial charge in [0.05, 0.1) is 19.3 Å². The van der Waals surface area contributed by atoms with Crippen LogP contribution < -0.4 is 0 Å². The number of unbranched alkanes of at least 4 members (excludes halogenated alkanes) is 1. The molecule has 0 aliphatic carbocycles. The van der Waals surface area contributed by atoms with E-state index in [0.717, 1.165) is 19.3 Å². The molecule has 0 fully saturated rings. The third kappa shape index (κ3) is 7.72. The smallest absolute Gasteiger partial charge is 0.287 e. The Morgan fingerprint density at radius 1 is 1.18 bits per heavy atom. The standard InChI is InChI=1S/C12H25O4P/c1-5-9-11-12(10-6-2)16-17(13,14-7-3)15-8-4/h6,10,12H,5,7-9,11H2,1-4H3/b10-6+/t12-/m0/s1. The van der Waals surface area contributed by atoms with Gasteiger partial charge in [0.25, 0.3) is 0 Å². The van der Waals surface area contributed by atoms with Crippen LogP contribution >= 0.6 is 7.82 Å². The number of phosphoric ester groups is 1. The van der Waals surface area contributed by atoms with E-state index >= 15 is 0 Å². The average Bonchev–Trinajstić information content (AvgIpc) is 2.26. The molecule has 5 heteroatoms. The SMILES string of the molecule is C/C=C/[C@@H](CCCC)OP(=O)(OCC)OCC. The molecule has 0 saturated carbocycles. The van der Waals surface area contributed by atoms with Crippen LogP contribution in [-0.4, -0.2) is 19.3 Å². The van der Waals surface area contributed by atoms with Crippen molar-refractivity contribution in [3.05, 3.63) is 12.2 Å². The molecule has 0 heterocycles. The first kappa shape index (κ1) is 16.9. The first-order chi connectivity index (χ1) is 8.11. The Hall–Kier alpha value is -0.150. The predicted molar refractivity (Wildman–Crippen MR) is 70.1 cm³/mol. The highest BCUT2D eigenvalue weighted by Gasteiger charge is 2.28. The summed E-state index contributed by atoms with van der Waals surface area (Å²) in [5.41, 5.74) is 0. The van der Waals surface area contributed by atoms with Crippen LogP contribution in [0.2, 0.25) is 0 Å². The molecule has 0 unspecified atom stereocenters. The molecule has 0 radical (unpaired) electrons. The van der Waals surface area contributed by atoms with Gasteiger partial charge in [-0.05, 0) is 27.2 Å². The fourth-order valence-electron chi connectivity index (χ4n) is 1.38. The van der Waals surface area contributed by atoms with Crippen molar-refractivity contribution in [3.8, 4) is 0 Å². The zero-order valence-electron chi connectivity index (χ0n) is 11.3. The highest BCUT2D eigenvalue weighted by atomic mass is 31.2. The van der Waals surface area contributed by atoms with Gasteiger partial charge in [-0.15, -0.1) is 0 Å². The third-order valence-electron chi connectivity index (χ3n) is 2.09. The zero-order chi connectivity index (χ0) is 13.1. The molecule has 0 bridgehead atoms. The molecular formula is C12H25O4P. The van der Waals surface area contributed by atoms with Gasteiger partial charge in [0.15, 0.2) is 0 Å². The van der Waals surface area contributed by atoms with Gasteiger partial charge in [-0.2, -0.15) is 0 Å². The van der Waals surface area contributed by atoms with Crippen LogP contribution in [0.4, 0.5) is 0 Å². The molecule has 17 heavy (non-hydrogen) atoms. The summed E-state index contributed by atoms with van der Waals surface area (Å²) in [5.74, 6) is 0. The molecule has 0 aliphatic rings. The van der Waals surface area contributed by atoms with Crippen LogP contribution in [-0.2, 0) is 18.1 Å². The summed E-state index contributed by atoms with van der Waals surface area (Å²) in [7, 11) is -3.40. The van der Waals surface area contributed by atoms with Crippen LogP contribution in [0, 0.1) is 0 Å². The van der Waals surface area contributed by atoms with E-state index in [4.69, 9.17) is 13.6 Å². The van der Waals surface area contributed by atoms with Gasteiger partial charge in [0.1, 0.15) is 0 Å². The Morgan fingerprint density at radius 3 is 2.18 bits per heavy atom. The number of rotatable bonds is 10. The molecule has 0 aromatic carbocycles. The molecule has 1 atom stereocenters. The number of phosphoric acid groups is 1. The van der Waals surface area contributed by atoms with Crippen LogP contribution in [0.5, 0.6) is 0 Å². The molecule has 0 saturated heterocycles. The summed E-state index contributed by atoms with van der Waals surface area (Å²) < 4.78 is 27.9. The first-order valence-corrected chi connectivity index (χ1v) is 7.78. The van der Waals surface area contributed by atoms with Crippen LogP contribution in [0.25, 0.3) is 0 Å². The fourth-order valence-corrected chi connectivity index (χ4v) is 2.72. The lowest BCUT2D eigenvalue weighted by Gasteiger charge is -2.21. The van der Waals surface area contributed by atoms with Crippen molar-refractivity contribution in [2.45, 2.75) is 53.1 Å². The summed E-state index contributed by atoms with van der Waals surface area (Å²) in [4.78, 5) is 0. The number of allylic oxidation sites excluding steroid dienone is 1. The van der Waals surface area contributed by atoms with E-state index in [-0.39, 0.29) is 6.10 Å². The van der Waals surface area contributed by atoms with Crippen molar-refractivity contribution in [1.82, 2.24) is 0 Å². The molecule has 0 aromatic rings. The van der Waals surface area contributed by atoms with Gasteiger partial charge in [0, 0.05) is 0 Å². The van der Waals surface area contributed by atoms with E-state index in [1.807, 2.05) is 19.1 Å². The van der Waals surface area contributed by atoms with Gasteiger partial charge >= 0.3 is 7.82 Å². The van der Waals surface area contributed by atoms with Crippen molar-refractivity contribution in [3.63, 3.8) is 0 Å². The molecular weight excluding hydrogens is 239 g/mol. The minimum Gasteiger partial charge on any atom is -0.287 e. The van der Waals surface area contributed by atoms with Gasteiger partial charge in [-0.3, -0.25) is 13.6 Å². The Morgan fingerprint density at radius 2 is 1.76 bits per heavy atom. The highest BCUT2D eigenvalue weighted by Crippen LogP contribution is 2.50. The summed E-state index contributed by atoms with van der Waals surface area (Å²) in [6.45, 7) is 8.19. The van der Waals surface area contributed by atoms with E-state index in [0.29, 0.717) is 13.2 Å². The van der Waals surface area contributed by atoms with Gasteiger partial charge in [-0.25, -0.2) is 4.57 Å². The molecule has 0 aliphatic heterocycles.